The molecule has 0 aliphatic rings. The van der Waals surface area contributed by atoms with Crippen LogP contribution in [0.1, 0.15) is 12.0 Å². The summed E-state index contributed by atoms with van der Waals surface area (Å²) in [7, 11) is 1.58. The monoisotopic (exact) mass is 233 g/mol. The number of hydrogen-bond acceptors (Lipinski definition) is 3. The van der Waals surface area contributed by atoms with E-state index in [2.05, 4.69) is 4.98 Å². The number of pyridine rings is 1. The summed E-state index contributed by atoms with van der Waals surface area (Å²) in [4.78, 5) is 5.50. The molecule has 1 aromatic heterocycles. The molecule has 1 heterocycles. The van der Waals surface area contributed by atoms with Gasteiger partial charge in [-0.05, 0) is 6.07 Å². The van der Waals surface area contributed by atoms with Crippen molar-refractivity contribution in [3.8, 4) is 0 Å². The number of rotatable bonds is 4. The molecule has 90 valence electrons. The lowest BCUT2D eigenvalue weighted by molar-refractivity contribution is -0.132. The molecule has 3 nitrogen and oxygen atoms in total. The van der Waals surface area contributed by atoms with Crippen LogP contribution in [-0.4, -0.2) is 24.8 Å². The Morgan fingerprint density at radius 2 is 2.12 bits per heavy atom. The van der Waals surface area contributed by atoms with Gasteiger partial charge in [0.05, 0.1) is 6.42 Å². The second kappa shape index (κ2) is 5.16. The van der Waals surface area contributed by atoms with Crippen LogP contribution in [0.25, 0.3) is 0 Å². The van der Waals surface area contributed by atoms with Gasteiger partial charge in [0.25, 0.3) is 0 Å². The Morgan fingerprint density at radius 1 is 1.44 bits per heavy atom. The molecule has 2 N–H and O–H groups in total. The molecular weight excluding hydrogens is 219 g/mol. The van der Waals surface area contributed by atoms with Gasteiger partial charge in [0, 0.05) is 31.9 Å². The third kappa shape index (κ3) is 3.69. The molecule has 0 radical (unpaired) electrons. The van der Waals surface area contributed by atoms with Gasteiger partial charge in [-0.3, -0.25) is 0 Å². The number of nitrogens with two attached hydrogens (primary N) is 1. The smallest absolute Gasteiger partial charge is 0.359 e. The number of hydrogen-bond donors (Lipinski definition) is 1. The average Bonchev–Trinajstić information content (AvgIpc) is 2.25. The minimum absolute atomic E-state index is 0.118. The maximum absolute atomic E-state index is 12.0. The highest BCUT2D eigenvalue weighted by atomic mass is 19.4. The Hall–Kier alpha value is -1.30. The van der Waals surface area contributed by atoms with Crippen molar-refractivity contribution in [1.82, 2.24) is 4.98 Å². The van der Waals surface area contributed by atoms with Crippen molar-refractivity contribution in [2.24, 2.45) is 5.73 Å². The van der Waals surface area contributed by atoms with E-state index in [0.717, 1.165) is 5.56 Å². The van der Waals surface area contributed by atoms with Crippen molar-refractivity contribution < 1.29 is 13.2 Å². The standard InChI is InChI=1S/C10H14F3N3/c1-16(6-4-10(11,12)13)9-8(7-14)3-2-5-15-9/h2-3,5H,4,6-7,14H2,1H3. The molecule has 0 aliphatic heterocycles. The van der Waals surface area contributed by atoms with E-state index in [-0.39, 0.29) is 13.1 Å². The summed E-state index contributed by atoms with van der Waals surface area (Å²) in [5, 5.41) is 0. The minimum Gasteiger partial charge on any atom is -0.359 e. The van der Waals surface area contributed by atoms with Gasteiger partial charge in [-0.25, -0.2) is 4.98 Å². The van der Waals surface area contributed by atoms with Crippen molar-refractivity contribution in [2.75, 3.05) is 18.5 Å². The Bertz CT molecular complexity index is 338. The van der Waals surface area contributed by atoms with Crippen molar-refractivity contribution in [2.45, 2.75) is 19.1 Å². The largest absolute Gasteiger partial charge is 0.390 e. The molecular formula is C10H14F3N3. The fourth-order valence-electron chi connectivity index (χ4n) is 1.33. The SMILES string of the molecule is CN(CCC(F)(F)F)c1ncccc1CN. The van der Waals surface area contributed by atoms with Crippen LogP contribution in [0.15, 0.2) is 18.3 Å². The Labute approximate surface area is 92.1 Å². The van der Waals surface area contributed by atoms with Gasteiger partial charge < -0.3 is 10.6 Å². The zero-order valence-electron chi connectivity index (χ0n) is 8.96. The van der Waals surface area contributed by atoms with Crippen LogP contribution in [0.5, 0.6) is 0 Å². The van der Waals surface area contributed by atoms with Gasteiger partial charge >= 0.3 is 6.18 Å². The van der Waals surface area contributed by atoms with E-state index in [0.29, 0.717) is 5.82 Å². The summed E-state index contributed by atoms with van der Waals surface area (Å²) in [5.74, 6) is 0.509. The lowest BCUT2D eigenvalue weighted by Crippen LogP contribution is -2.26. The molecule has 0 spiro atoms. The fraction of sp³-hybridized carbons (Fsp3) is 0.500. The number of aromatic nitrogens is 1. The second-order valence-electron chi connectivity index (χ2n) is 3.48. The Morgan fingerprint density at radius 3 is 2.69 bits per heavy atom. The van der Waals surface area contributed by atoms with Crippen molar-refractivity contribution in [3.05, 3.63) is 23.9 Å². The first kappa shape index (κ1) is 12.8. The third-order valence-electron chi connectivity index (χ3n) is 2.18. The van der Waals surface area contributed by atoms with E-state index in [1.165, 1.54) is 4.90 Å². The fourth-order valence-corrected chi connectivity index (χ4v) is 1.33. The van der Waals surface area contributed by atoms with Gasteiger partial charge in [-0.15, -0.1) is 0 Å². The first-order chi connectivity index (χ1) is 7.44. The topological polar surface area (TPSA) is 42.2 Å². The number of halogens is 3. The first-order valence-corrected chi connectivity index (χ1v) is 4.86. The minimum atomic E-state index is -4.15. The molecule has 0 saturated heterocycles. The van der Waals surface area contributed by atoms with Crippen LogP contribution >= 0.6 is 0 Å². The van der Waals surface area contributed by atoms with Gasteiger partial charge in [0.2, 0.25) is 0 Å². The van der Waals surface area contributed by atoms with Crippen LogP contribution in [0, 0.1) is 0 Å². The molecule has 1 aromatic rings. The van der Waals surface area contributed by atoms with E-state index < -0.39 is 12.6 Å². The number of nitrogens with zero attached hydrogens (tertiary/aromatic N) is 2. The Balaban J connectivity index is 2.69. The predicted molar refractivity (Wildman–Crippen MR) is 56.1 cm³/mol. The third-order valence-corrected chi connectivity index (χ3v) is 2.18. The van der Waals surface area contributed by atoms with Gasteiger partial charge in [0.15, 0.2) is 0 Å². The van der Waals surface area contributed by atoms with E-state index in [1.807, 2.05) is 0 Å². The van der Waals surface area contributed by atoms with Gasteiger partial charge in [-0.1, -0.05) is 6.07 Å². The molecule has 0 fully saturated rings. The molecule has 0 amide bonds. The highest BCUT2D eigenvalue weighted by molar-refractivity contribution is 5.45. The zero-order valence-corrected chi connectivity index (χ0v) is 8.96. The van der Waals surface area contributed by atoms with E-state index in [4.69, 9.17) is 5.73 Å². The van der Waals surface area contributed by atoms with E-state index in [9.17, 15) is 13.2 Å². The molecule has 0 atom stereocenters. The first-order valence-electron chi connectivity index (χ1n) is 4.86. The predicted octanol–water partition coefficient (Wildman–Crippen LogP) is 1.93. The maximum Gasteiger partial charge on any atom is 0.390 e. The molecule has 0 saturated carbocycles. The highest BCUT2D eigenvalue weighted by Gasteiger charge is 2.27. The summed E-state index contributed by atoms with van der Waals surface area (Å²) >= 11 is 0. The maximum atomic E-state index is 12.0. The Kier molecular flexibility index (Phi) is 4.12. The van der Waals surface area contributed by atoms with E-state index in [1.54, 1.807) is 25.4 Å². The molecule has 0 bridgehead atoms. The molecule has 0 aromatic carbocycles. The number of anilines is 1. The van der Waals surface area contributed by atoms with Gasteiger partial charge in [-0.2, -0.15) is 13.2 Å². The molecule has 1 rings (SSSR count). The molecule has 6 heteroatoms. The molecule has 16 heavy (non-hydrogen) atoms. The van der Waals surface area contributed by atoms with Crippen LogP contribution in [-0.2, 0) is 6.54 Å². The highest BCUT2D eigenvalue weighted by Crippen LogP contribution is 2.22. The van der Waals surface area contributed by atoms with Crippen molar-refractivity contribution >= 4 is 5.82 Å². The van der Waals surface area contributed by atoms with Crippen LogP contribution < -0.4 is 10.6 Å². The second-order valence-corrected chi connectivity index (χ2v) is 3.48. The van der Waals surface area contributed by atoms with Gasteiger partial charge in [0.1, 0.15) is 5.82 Å². The zero-order chi connectivity index (χ0) is 12.2. The summed E-state index contributed by atoms with van der Waals surface area (Å²) < 4.78 is 36.1. The molecule has 0 unspecified atom stereocenters. The summed E-state index contributed by atoms with van der Waals surface area (Å²) in [6.07, 6.45) is -3.46. The molecule has 0 aliphatic carbocycles. The summed E-state index contributed by atoms with van der Waals surface area (Å²) in [6.45, 7) is 0.146. The van der Waals surface area contributed by atoms with E-state index >= 15 is 0 Å². The number of alkyl halides is 3. The normalized spacial score (nSPS) is 11.6. The van der Waals surface area contributed by atoms with Crippen LogP contribution in [0.4, 0.5) is 19.0 Å². The summed E-state index contributed by atoms with van der Waals surface area (Å²) in [6, 6.07) is 3.47. The summed E-state index contributed by atoms with van der Waals surface area (Å²) in [5.41, 5.74) is 6.22. The van der Waals surface area contributed by atoms with Crippen molar-refractivity contribution in [3.63, 3.8) is 0 Å². The van der Waals surface area contributed by atoms with Crippen LogP contribution in [0.3, 0.4) is 0 Å². The van der Waals surface area contributed by atoms with Crippen LogP contribution in [0.2, 0.25) is 0 Å². The lowest BCUT2D eigenvalue weighted by Gasteiger charge is -2.21. The van der Waals surface area contributed by atoms with Crippen molar-refractivity contribution in [1.29, 1.82) is 0 Å². The quantitative estimate of drug-likeness (QED) is 0.864. The average molecular weight is 233 g/mol. The lowest BCUT2D eigenvalue weighted by atomic mass is 10.2.